The zero-order chi connectivity index (χ0) is 13.8. The zero-order valence-electron chi connectivity index (χ0n) is 11.1. The lowest BCUT2D eigenvalue weighted by atomic mass is 10.1. The SMILES string of the molecule is CCc1c(C)nc(Cc2cccc(Cl)c2)nc1NN. The van der Waals surface area contributed by atoms with Crippen LogP contribution in [-0.4, -0.2) is 9.97 Å². The summed E-state index contributed by atoms with van der Waals surface area (Å²) in [6, 6.07) is 7.70. The number of halogens is 1. The lowest BCUT2D eigenvalue weighted by Gasteiger charge is -2.11. The highest BCUT2D eigenvalue weighted by Crippen LogP contribution is 2.18. The largest absolute Gasteiger partial charge is 0.308 e. The van der Waals surface area contributed by atoms with Crippen LogP contribution in [0, 0.1) is 6.92 Å². The lowest BCUT2D eigenvalue weighted by Crippen LogP contribution is -2.14. The maximum absolute atomic E-state index is 5.98. The predicted octanol–water partition coefficient (Wildman–Crippen LogP) is 2.88. The van der Waals surface area contributed by atoms with E-state index in [0.717, 1.165) is 34.1 Å². The van der Waals surface area contributed by atoms with Crippen molar-refractivity contribution in [2.75, 3.05) is 5.43 Å². The number of aromatic nitrogens is 2. The summed E-state index contributed by atoms with van der Waals surface area (Å²) in [7, 11) is 0. The van der Waals surface area contributed by atoms with Gasteiger partial charge in [-0.2, -0.15) is 0 Å². The van der Waals surface area contributed by atoms with E-state index in [2.05, 4.69) is 22.3 Å². The van der Waals surface area contributed by atoms with Crippen LogP contribution in [0.1, 0.15) is 29.6 Å². The maximum Gasteiger partial charge on any atom is 0.147 e. The van der Waals surface area contributed by atoms with Gasteiger partial charge in [-0.25, -0.2) is 15.8 Å². The van der Waals surface area contributed by atoms with Gasteiger partial charge < -0.3 is 5.43 Å². The minimum atomic E-state index is 0.639. The summed E-state index contributed by atoms with van der Waals surface area (Å²) in [5.41, 5.74) is 5.74. The fourth-order valence-electron chi connectivity index (χ4n) is 2.11. The molecular formula is C14H17ClN4. The molecule has 0 unspecified atom stereocenters. The number of nitrogen functional groups attached to an aromatic ring is 1. The van der Waals surface area contributed by atoms with Gasteiger partial charge in [-0.05, 0) is 31.0 Å². The number of nitrogens with two attached hydrogens (primary N) is 1. The van der Waals surface area contributed by atoms with Gasteiger partial charge >= 0.3 is 0 Å². The highest BCUT2D eigenvalue weighted by Gasteiger charge is 2.09. The van der Waals surface area contributed by atoms with Crippen molar-refractivity contribution in [1.29, 1.82) is 0 Å². The Bertz CT molecular complexity index is 584. The molecule has 1 aromatic heterocycles. The van der Waals surface area contributed by atoms with E-state index in [9.17, 15) is 0 Å². The van der Waals surface area contributed by atoms with Crippen molar-refractivity contribution in [3.8, 4) is 0 Å². The second-order valence-corrected chi connectivity index (χ2v) is 4.79. The van der Waals surface area contributed by atoms with E-state index < -0.39 is 0 Å². The summed E-state index contributed by atoms with van der Waals surface area (Å²) in [5, 5.41) is 0.719. The minimum absolute atomic E-state index is 0.639. The summed E-state index contributed by atoms with van der Waals surface area (Å²) in [6.45, 7) is 4.03. The van der Waals surface area contributed by atoms with Gasteiger partial charge in [-0.3, -0.25) is 0 Å². The lowest BCUT2D eigenvalue weighted by molar-refractivity contribution is 0.903. The molecule has 5 heteroatoms. The van der Waals surface area contributed by atoms with E-state index in [1.165, 1.54) is 0 Å². The quantitative estimate of drug-likeness (QED) is 0.666. The number of anilines is 1. The number of rotatable bonds is 4. The molecule has 100 valence electrons. The van der Waals surface area contributed by atoms with Gasteiger partial charge in [0.25, 0.3) is 0 Å². The van der Waals surface area contributed by atoms with E-state index in [4.69, 9.17) is 17.4 Å². The van der Waals surface area contributed by atoms with Crippen LogP contribution in [0.2, 0.25) is 5.02 Å². The fourth-order valence-corrected chi connectivity index (χ4v) is 2.32. The number of hydrazine groups is 1. The molecule has 0 bridgehead atoms. The van der Waals surface area contributed by atoms with Crippen molar-refractivity contribution in [2.45, 2.75) is 26.7 Å². The van der Waals surface area contributed by atoms with Crippen molar-refractivity contribution in [3.63, 3.8) is 0 Å². The molecule has 0 radical (unpaired) electrons. The summed E-state index contributed by atoms with van der Waals surface area (Å²) in [5.74, 6) is 6.96. The molecule has 1 heterocycles. The molecule has 4 nitrogen and oxygen atoms in total. The first-order valence-corrected chi connectivity index (χ1v) is 6.59. The Morgan fingerprint density at radius 3 is 2.74 bits per heavy atom. The molecule has 0 atom stereocenters. The van der Waals surface area contributed by atoms with Crippen LogP contribution in [0.4, 0.5) is 5.82 Å². The molecule has 3 N–H and O–H groups in total. The van der Waals surface area contributed by atoms with E-state index in [1.807, 2.05) is 31.2 Å². The molecule has 0 spiro atoms. The van der Waals surface area contributed by atoms with Gasteiger partial charge in [-0.15, -0.1) is 0 Å². The highest BCUT2D eigenvalue weighted by atomic mass is 35.5. The first-order chi connectivity index (χ1) is 9.13. The third kappa shape index (κ3) is 3.22. The number of hydrogen-bond donors (Lipinski definition) is 2. The molecular weight excluding hydrogens is 260 g/mol. The molecule has 0 saturated heterocycles. The molecule has 0 aliphatic rings. The number of aryl methyl sites for hydroxylation is 1. The number of nitrogens with zero attached hydrogens (tertiary/aromatic N) is 2. The number of nitrogens with one attached hydrogen (secondary N) is 1. The summed E-state index contributed by atoms with van der Waals surface area (Å²) in [6.07, 6.45) is 1.49. The second kappa shape index (κ2) is 5.99. The predicted molar refractivity (Wildman–Crippen MR) is 78.2 cm³/mol. The Hall–Kier alpha value is -1.65. The van der Waals surface area contributed by atoms with Crippen molar-refractivity contribution < 1.29 is 0 Å². The van der Waals surface area contributed by atoms with Crippen LogP contribution < -0.4 is 11.3 Å². The topological polar surface area (TPSA) is 63.8 Å². The van der Waals surface area contributed by atoms with E-state index in [-0.39, 0.29) is 0 Å². The summed E-state index contributed by atoms with van der Waals surface area (Å²) < 4.78 is 0. The van der Waals surface area contributed by atoms with Crippen LogP contribution in [0.5, 0.6) is 0 Å². The van der Waals surface area contributed by atoms with Crippen molar-refractivity contribution >= 4 is 17.4 Å². The van der Waals surface area contributed by atoms with E-state index >= 15 is 0 Å². The fraction of sp³-hybridized carbons (Fsp3) is 0.286. The highest BCUT2D eigenvalue weighted by molar-refractivity contribution is 6.30. The Balaban J connectivity index is 2.33. The van der Waals surface area contributed by atoms with Crippen LogP contribution in [0.3, 0.4) is 0 Å². The molecule has 0 saturated carbocycles. The molecule has 2 rings (SSSR count). The Morgan fingerprint density at radius 2 is 2.11 bits per heavy atom. The Morgan fingerprint density at radius 1 is 1.32 bits per heavy atom. The minimum Gasteiger partial charge on any atom is -0.308 e. The van der Waals surface area contributed by atoms with Crippen LogP contribution in [0.15, 0.2) is 24.3 Å². The monoisotopic (exact) mass is 276 g/mol. The first kappa shape index (κ1) is 13.8. The normalized spacial score (nSPS) is 10.5. The maximum atomic E-state index is 5.98. The third-order valence-corrected chi connectivity index (χ3v) is 3.24. The smallest absolute Gasteiger partial charge is 0.147 e. The molecule has 1 aromatic carbocycles. The average molecular weight is 277 g/mol. The van der Waals surface area contributed by atoms with Gasteiger partial charge in [0.1, 0.15) is 11.6 Å². The number of benzene rings is 1. The van der Waals surface area contributed by atoms with Crippen molar-refractivity contribution in [1.82, 2.24) is 9.97 Å². The molecule has 2 aromatic rings. The molecule has 0 aliphatic heterocycles. The van der Waals surface area contributed by atoms with Crippen LogP contribution in [0.25, 0.3) is 0 Å². The second-order valence-electron chi connectivity index (χ2n) is 4.36. The van der Waals surface area contributed by atoms with Crippen molar-refractivity contribution in [3.05, 3.63) is 51.9 Å². The molecule has 0 aliphatic carbocycles. The molecule has 19 heavy (non-hydrogen) atoms. The van der Waals surface area contributed by atoms with Gasteiger partial charge in [0.15, 0.2) is 0 Å². The zero-order valence-corrected chi connectivity index (χ0v) is 11.8. The standard InChI is InChI=1S/C14H17ClN4/c1-3-12-9(2)17-13(18-14(12)19-16)8-10-5-4-6-11(15)7-10/h4-7H,3,8,16H2,1-2H3,(H,17,18,19). The molecule has 0 fully saturated rings. The van der Waals surface area contributed by atoms with Gasteiger partial charge in [0.2, 0.25) is 0 Å². The van der Waals surface area contributed by atoms with Crippen LogP contribution >= 0.6 is 11.6 Å². The Kier molecular flexibility index (Phi) is 4.35. The first-order valence-electron chi connectivity index (χ1n) is 6.21. The van der Waals surface area contributed by atoms with E-state index in [1.54, 1.807) is 0 Å². The van der Waals surface area contributed by atoms with E-state index in [0.29, 0.717) is 12.2 Å². The van der Waals surface area contributed by atoms with Gasteiger partial charge in [0, 0.05) is 22.7 Å². The van der Waals surface area contributed by atoms with Crippen LogP contribution in [-0.2, 0) is 12.8 Å². The summed E-state index contributed by atoms with van der Waals surface area (Å²) in [4.78, 5) is 8.99. The Labute approximate surface area is 118 Å². The van der Waals surface area contributed by atoms with Gasteiger partial charge in [-0.1, -0.05) is 30.7 Å². The molecule has 0 amide bonds. The summed E-state index contributed by atoms with van der Waals surface area (Å²) >= 11 is 5.98. The number of hydrogen-bond acceptors (Lipinski definition) is 4. The van der Waals surface area contributed by atoms with Gasteiger partial charge in [0.05, 0.1) is 0 Å². The van der Waals surface area contributed by atoms with Crippen molar-refractivity contribution in [2.24, 2.45) is 5.84 Å². The third-order valence-electron chi connectivity index (χ3n) is 3.00. The average Bonchev–Trinajstić information content (AvgIpc) is 2.38.